The van der Waals surface area contributed by atoms with Gasteiger partial charge in [-0.15, -0.1) is 0 Å². The Morgan fingerprint density at radius 1 is 1.18 bits per heavy atom. The van der Waals surface area contributed by atoms with Gasteiger partial charge in [0.05, 0.1) is 0 Å². The minimum Gasteiger partial charge on any atom is -0.306 e. The van der Waals surface area contributed by atoms with E-state index in [0.29, 0.717) is 5.92 Å². The van der Waals surface area contributed by atoms with Crippen LogP contribution in [0.4, 0.5) is 0 Å². The smallest absolute Gasteiger partial charge is 0.156 e. The van der Waals surface area contributed by atoms with E-state index in [1.54, 1.807) is 6.20 Å². The van der Waals surface area contributed by atoms with Crippen molar-refractivity contribution in [2.75, 3.05) is 20.1 Å². The molecular weight excluding hydrogens is 274 g/mol. The largest absolute Gasteiger partial charge is 0.306 e. The molecule has 0 aromatic carbocycles. The first-order chi connectivity index (χ1) is 10.8. The molecule has 0 amide bonds. The minimum atomic E-state index is 0.445. The molecule has 0 bridgehead atoms. The second-order valence-electron chi connectivity index (χ2n) is 6.03. The van der Waals surface area contributed by atoms with E-state index < -0.39 is 0 Å². The Bertz CT molecular complexity index is 780. The number of hydrogen-bond acceptors (Lipinski definition) is 4. The Hall–Kier alpha value is -2.27. The molecule has 0 N–H and O–H groups in total. The Morgan fingerprint density at radius 3 is 2.95 bits per heavy atom. The van der Waals surface area contributed by atoms with E-state index in [2.05, 4.69) is 29.1 Å². The molecule has 4 heterocycles. The lowest BCUT2D eigenvalue weighted by atomic mass is 9.98. The predicted octanol–water partition coefficient (Wildman–Crippen LogP) is 2.60. The van der Waals surface area contributed by atoms with Gasteiger partial charge in [0.25, 0.3) is 0 Å². The zero-order chi connectivity index (χ0) is 14.9. The summed E-state index contributed by atoms with van der Waals surface area (Å²) < 4.78 is 1.90. The third-order valence-corrected chi connectivity index (χ3v) is 4.33. The first-order valence-electron chi connectivity index (χ1n) is 7.75. The van der Waals surface area contributed by atoms with Gasteiger partial charge in [-0.25, -0.2) is 9.50 Å². The van der Waals surface area contributed by atoms with Crippen molar-refractivity contribution >= 4 is 5.65 Å². The zero-order valence-corrected chi connectivity index (χ0v) is 12.7. The molecule has 1 atom stereocenters. The summed E-state index contributed by atoms with van der Waals surface area (Å²) in [5, 5.41) is 4.72. The second kappa shape index (κ2) is 5.50. The number of likely N-dealkylation sites (N-methyl/N-ethyl adjacent to an activating group) is 1. The Morgan fingerprint density at radius 2 is 2.14 bits per heavy atom. The molecule has 4 rings (SSSR count). The van der Waals surface area contributed by atoms with E-state index in [1.807, 2.05) is 29.0 Å². The first-order valence-corrected chi connectivity index (χ1v) is 7.75. The highest BCUT2D eigenvalue weighted by atomic mass is 15.3. The van der Waals surface area contributed by atoms with E-state index in [-0.39, 0.29) is 0 Å². The zero-order valence-electron chi connectivity index (χ0n) is 12.7. The van der Waals surface area contributed by atoms with Crippen LogP contribution >= 0.6 is 0 Å². The average molecular weight is 293 g/mol. The standard InChI is InChI=1S/C17H19N5/c1-21-9-3-5-15(11-21)17-19-16-7-6-14(12-22(16)20-17)13-4-2-8-18-10-13/h2,4,6-8,10,12,15H,3,5,9,11H2,1H3/t15-/m0/s1. The van der Waals surface area contributed by atoms with Crippen LogP contribution in [-0.4, -0.2) is 44.6 Å². The van der Waals surface area contributed by atoms with Crippen LogP contribution in [-0.2, 0) is 0 Å². The van der Waals surface area contributed by atoms with E-state index in [0.717, 1.165) is 29.1 Å². The van der Waals surface area contributed by atoms with Crippen LogP contribution in [0.15, 0.2) is 42.9 Å². The molecule has 1 saturated heterocycles. The van der Waals surface area contributed by atoms with Crippen molar-refractivity contribution in [2.45, 2.75) is 18.8 Å². The Kier molecular flexibility index (Phi) is 3.35. The molecule has 3 aromatic heterocycles. The highest BCUT2D eigenvalue weighted by Gasteiger charge is 2.22. The average Bonchev–Trinajstić information content (AvgIpc) is 2.99. The number of aromatic nitrogens is 4. The summed E-state index contributed by atoms with van der Waals surface area (Å²) in [6.07, 6.45) is 8.09. The molecule has 22 heavy (non-hydrogen) atoms. The molecule has 5 nitrogen and oxygen atoms in total. The van der Waals surface area contributed by atoms with E-state index in [4.69, 9.17) is 10.1 Å². The topological polar surface area (TPSA) is 46.3 Å². The second-order valence-corrected chi connectivity index (χ2v) is 6.03. The molecule has 0 spiro atoms. The lowest BCUT2D eigenvalue weighted by Crippen LogP contribution is -2.31. The van der Waals surface area contributed by atoms with Crippen molar-refractivity contribution in [3.63, 3.8) is 0 Å². The van der Waals surface area contributed by atoms with Crippen molar-refractivity contribution in [1.29, 1.82) is 0 Å². The molecule has 0 unspecified atom stereocenters. The normalized spacial score (nSPS) is 19.6. The first kappa shape index (κ1) is 13.4. The summed E-state index contributed by atoms with van der Waals surface area (Å²) in [5.41, 5.74) is 3.12. The van der Waals surface area contributed by atoms with Gasteiger partial charge in [0.2, 0.25) is 0 Å². The lowest BCUT2D eigenvalue weighted by molar-refractivity contribution is 0.246. The number of nitrogens with zero attached hydrogens (tertiary/aromatic N) is 5. The van der Waals surface area contributed by atoms with Crippen molar-refractivity contribution in [1.82, 2.24) is 24.5 Å². The van der Waals surface area contributed by atoms with Crippen LogP contribution in [0.3, 0.4) is 0 Å². The van der Waals surface area contributed by atoms with Gasteiger partial charge in [0.15, 0.2) is 11.5 Å². The van der Waals surface area contributed by atoms with Crippen LogP contribution < -0.4 is 0 Å². The number of fused-ring (bicyclic) bond motifs is 1. The fraction of sp³-hybridized carbons (Fsp3) is 0.353. The van der Waals surface area contributed by atoms with Gasteiger partial charge in [-0.3, -0.25) is 4.98 Å². The fourth-order valence-electron chi connectivity index (χ4n) is 3.15. The Balaban J connectivity index is 1.69. The summed E-state index contributed by atoms with van der Waals surface area (Å²) in [4.78, 5) is 11.3. The van der Waals surface area contributed by atoms with Gasteiger partial charge in [-0.05, 0) is 44.6 Å². The summed E-state index contributed by atoms with van der Waals surface area (Å²) in [7, 11) is 2.17. The number of pyridine rings is 2. The van der Waals surface area contributed by atoms with Crippen molar-refractivity contribution in [2.24, 2.45) is 0 Å². The van der Waals surface area contributed by atoms with Crippen LogP contribution in [0, 0.1) is 0 Å². The molecule has 112 valence electrons. The summed E-state index contributed by atoms with van der Waals surface area (Å²) >= 11 is 0. The fourth-order valence-corrected chi connectivity index (χ4v) is 3.15. The third kappa shape index (κ3) is 2.48. The van der Waals surface area contributed by atoms with E-state index in [9.17, 15) is 0 Å². The SMILES string of the molecule is CN1CCC[C@H](c2nc3ccc(-c4cccnc4)cn3n2)C1. The van der Waals surface area contributed by atoms with Crippen molar-refractivity contribution in [3.05, 3.63) is 48.7 Å². The number of likely N-dealkylation sites (tertiary alicyclic amines) is 1. The maximum Gasteiger partial charge on any atom is 0.156 e. The number of piperidine rings is 1. The van der Waals surface area contributed by atoms with E-state index >= 15 is 0 Å². The molecule has 3 aromatic rings. The molecular formula is C17H19N5. The molecule has 0 saturated carbocycles. The molecule has 5 heteroatoms. The van der Waals surface area contributed by atoms with Gasteiger partial charge in [-0.2, -0.15) is 5.10 Å². The highest BCUT2D eigenvalue weighted by Crippen LogP contribution is 2.25. The molecule has 0 radical (unpaired) electrons. The van der Waals surface area contributed by atoms with Crippen molar-refractivity contribution < 1.29 is 0 Å². The lowest BCUT2D eigenvalue weighted by Gasteiger charge is -2.27. The molecule has 1 aliphatic heterocycles. The van der Waals surface area contributed by atoms with Gasteiger partial charge < -0.3 is 4.90 Å². The van der Waals surface area contributed by atoms with Gasteiger partial charge >= 0.3 is 0 Å². The maximum absolute atomic E-state index is 4.72. The predicted molar refractivity (Wildman–Crippen MR) is 85.7 cm³/mol. The minimum absolute atomic E-state index is 0.445. The molecule has 1 aliphatic rings. The van der Waals surface area contributed by atoms with Gasteiger partial charge in [-0.1, -0.05) is 6.07 Å². The maximum atomic E-state index is 4.72. The van der Waals surface area contributed by atoms with Crippen LogP contribution in [0.1, 0.15) is 24.6 Å². The monoisotopic (exact) mass is 293 g/mol. The van der Waals surface area contributed by atoms with Gasteiger partial charge in [0, 0.05) is 42.2 Å². The van der Waals surface area contributed by atoms with Crippen molar-refractivity contribution in [3.8, 4) is 11.1 Å². The van der Waals surface area contributed by atoms with Crippen LogP contribution in [0.5, 0.6) is 0 Å². The van der Waals surface area contributed by atoms with Crippen LogP contribution in [0.2, 0.25) is 0 Å². The van der Waals surface area contributed by atoms with Crippen LogP contribution in [0.25, 0.3) is 16.8 Å². The molecule has 0 aliphatic carbocycles. The molecule has 1 fully saturated rings. The van der Waals surface area contributed by atoms with E-state index in [1.165, 1.54) is 19.4 Å². The Labute approximate surface area is 129 Å². The summed E-state index contributed by atoms with van der Waals surface area (Å²) in [6.45, 7) is 2.22. The quantitative estimate of drug-likeness (QED) is 0.728. The summed E-state index contributed by atoms with van der Waals surface area (Å²) in [6, 6.07) is 8.12. The van der Waals surface area contributed by atoms with Gasteiger partial charge in [0.1, 0.15) is 0 Å². The summed E-state index contributed by atoms with van der Waals surface area (Å²) in [5.74, 6) is 1.41. The number of rotatable bonds is 2. The third-order valence-electron chi connectivity index (χ3n) is 4.33. The highest BCUT2D eigenvalue weighted by molar-refractivity contribution is 5.63. The number of hydrogen-bond donors (Lipinski definition) is 0.